The van der Waals surface area contributed by atoms with E-state index in [4.69, 9.17) is 14.2 Å². The van der Waals surface area contributed by atoms with Crippen LogP contribution in [0.4, 0.5) is 0 Å². The highest BCUT2D eigenvalue weighted by atomic mass is 32.1. The normalized spacial score (nSPS) is 10.3. The molecule has 0 amide bonds. The van der Waals surface area contributed by atoms with Gasteiger partial charge in [-0.2, -0.15) is 0 Å². The SMILES string of the molecule is C=Cc1c(OC)c(OC)cc2nc(C(=O)OCC)sc12. The number of carbonyl (C=O) groups is 1. The van der Waals surface area contributed by atoms with Crippen molar-refractivity contribution in [3.8, 4) is 11.5 Å². The van der Waals surface area contributed by atoms with E-state index in [0.29, 0.717) is 28.6 Å². The van der Waals surface area contributed by atoms with Gasteiger partial charge in [-0.05, 0) is 6.92 Å². The van der Waals surface area contributed by atoms with Crippen LogP contribution in [-0.4, -0.2) is 31.8 Å². The summed E-state index contributed by atoms with van der Waals surface area (Å²) in [5.74, 6) is 0.700. The molecule has 2 rings (SSSR count). The molecule has 1 aromatic carbocycles. The number of benzene rings is 1. The van der Waals surface area contributed by atoms with Crippen molar-refractivity contribution >= 4 is 33.6 Å². The molecule has 0 spiro atoms. The van der Waals surface area contributed by atoms with Crippen LogP contribution in [0.5, 0.6) is 11.5 Å². The number of fused-ring (bicyclic) bond motifs is 1. The van der Waals surface area contributed by atoms with Gasteiger partial charge in [0.1, 0.15) is 0 Å². The second-order valence-corrected chi connectivity index (χ2v) is 4.82. The average molecular weight is 293 g/mol. The molecule has 0 unspecified atom stereocenters. The van der Waals surface area contributed by atoms with Crippen LogP contribution in [-0.2, 0) is 4.74 Å². The van der Waals surface area contributed by atoms with Crippen LogP contribution >= 0.6 is 11.3 Å². The van der Waals surface area contributed by atoms with Crippen LogP contribution < -0.4 is 9.47 Å². The highest BCUT2D eigenvalue weighted by Crippen LogP contribution is 2.40. The minimum atomic E-state index is -0.429. The average Bonchev–Trinajstić information content (AvgIpc) is 2.88. The second kappa shape index (κ2) is 5.92. The Morgan fingerprint density at radius 3 is 2.75 bits per heavy atom. The zero-order chi connectivity index (χ0) is 14.7. The predicted molar refractivity (Wildman–Crippen MR) is 78.8 cm³/mol. The monoisotopic (exact) mass is 293 g/mol. The zero-order valence-electron chi connectivity index (χ0n) is 11.6. The summed E-state index contributed by atoms with van der Waals surface area (Å²) in [6, 6.07) is 1.74. The number of methoxy groups -OCH3 is 2. The number of esters is 1. The topological polar surface area (TPSA) is 57.7 Å². The third-order valence-corrected chi connectivity index (χ3v) is 3.80. The molecule has 20 heavy (non-hydrogen) atoms. The lowest BCUT2D eigenvalue weighted by atomic mass is 10.1. The first kappa shape index (κ1) is 14.3. The maximum absolute atomic E-state index is 11.8. The van der Waals surface area contributed by atoms with Gasteiger partial charge in [0, 0.05) is 11.6 Å². The van der Waals surface area contributed by atoms with E-state index in [-0.39, 0.29) is 0 Å². The van der Waals surface area contributed by atoms with Gasteiger partial charge in [0.05, 0.1) is 31.0 Å². The predicted octanol–water partition coefficient (Wildman–Crippen LogP) is 3.13. The molecule has 0 aliphatic rings. The van der Waals surface area contributed by atoms with Crippen molar-refractivity contribution < 1.29 is 19.0 Å². The molecule has 0 saturated carbocycles. The summed E-state index contributed by atoms with van der Waals surface area (Å²) in [5, 5.41) is 0.306. The van der Waals surface area contributed by atoms with Gasteiger partial charge in [0.2, 0.25) is 5.01 Å². The molecule has 0 atom stereocenters. The summed E-state index contributed by atoms with van der Waals surface area (Å²) < 4.78 is 16.4. The van der Waals surface area contributed by atoms with Crippen LogP contribution in [0.15, 0.2) is 12.6 Å². The van der Waals surface area contributed by atoms with Crippen LogP contribution in [0.3, 0.4) is 0 Å². The molecule has 0 fully saturated rings. The summed E-state index contributed by atoms with van der Waals surface area (Å²) >= 11 is 1.25. The molecule has 2 aromatic rings. The molecular formula is C14H15NO4S. The Morgan fingerprint density at radius 1 is 1.45 bits per heavy atom. The summed E-state index contributed by atoms with van der Waals surface area (Å²) in [6.07, 6.45) is 1.66. The molecule has 106 valence electrons. The Hall–Kier alpha value is -2.08. The standard InChI is InChI=1S/C14H15NO4S/c1-5-8-11(18-4)10(17-3)7-9-12(8)20-13(15-9)14(16)19-6-2/h5,7H,1,6H2,2-4H3. The van der Waals surface area contributed by atoms with Crippen molar-refractivity contribution in [2.75, 3.05) is 20.8 Å². The summed E-state index contributed by atoms with van der Waals surface area (Å²) in [4.78, 5) is 16.0. The van der Waals surface area contributed by atoms with E-state index in [2.05, 4.69) is 11.6 Å². The van der Waals surface area contributed by atoms with Crippen molar-refractivity contribution in [1.82, 2.24) is 4.98 Å². The third-order valence-electron chi connectivity index (χ3n) is 2.71. The van der Waals surface area contributed by atoms with E-state index < -0.39 is 5.97 Å². The van der Waals surface area contributed by atoms with Gasteiger partial charge >= 0.3 is 5.97 Å². The Bertz CT molecular complexity index is 663. The van der Waals surface area contributed by atoms with Gasteiger partial charge in [0.25, 0.3) is 0 Å². The van der Waals surface area contributed by atoms with Crippen molar-refractivity contribution in [2.24, 2.45) is 0 Å². The first-order valence-corrected chi connectivity index (χ1v) is 6.83. The number of carbonyl (C=O) groups excluding carboxylic acids is 1. The van der Waals surface area contributed by atoms with Crippen molar-refractivity contribution in [3.63, 3.8) is 0 Å². The fourth-order valence-electron chi connectivity index (χ4n) is 1.88. The van der Waals surface area contributed by atoms with Gasteiger partial charge in [-0.1, -0.05) is 12.7 Å². The van der Waals surface area contributed by atoms with E-state index >= 15 is 0 Å². The minimum Gasteiger partial charge on any atom is -0.493 e. The molecule has 1 heterocycles. The molecule has 0 aliphatic carbocycles. The number of ether oxygens (including phenoxy) is 3. The van der Waals surface area contributed by atoms with Gasteiger partial charge in [0.15, 0.2) is 11.5 Å². The molecule has 0 aliphatic heterocycles. The lowest BCUT2D eigenvalue weighted by Gasteiger charge is -2.10. The van der Waals surface area contributed by atoms with Gasteiger partial charge in [-0.15, -0.1) is 11.3 Å². The van der Waals surface area contributed by atoms with Crippen molar-refractivity contribution in [2.45, 2.75) is 6.92 Å². The van der Waals surface area contributed by atoms with Gasteiger partial charge in [-0.3, -0.25) is 0 Å². The van der Waals surface area contributed by atoms with Crippen molar-refractivity contribution in [3.05, 3.63) is 23.2 Å². The number of hydrogen-bond donors (Lipinski definition) is 0. The zero-order valence-corrected chi connectivity index (χ0v) is 12.4. The van der Waals surface area contributed by atoms with Gasteiger partial charge in [-0.25, -0.2) is 9.78 Å². The Morgan fingerprint density at radius 2 is 2.20 bits per heavy atom. The van der Waals surface area contributed by atoms with E-state index in [0.717, 1.165) is 10.3 Å². The number of rotatable bonds is 5. The minimum absolute atomic E-state index is 0.306. The molecule has 6 heteroatoms. The Labute approximate surface area is 120 Å². The summed E-state index contributed by atoms with van der Waals surface area (Å²) in [7, 11) is 3.11. The molecule has 0 bridgehead atoms. The van der Waals surface area contributed by atoms with E-state index in [1.54, 1.807) is 33.3 Å². The quantitative estimate of drug-likeness (QED) is 0.793. The number of thiazole rings is 1. The van der Waals surface area contributed by atoms with Crippen LogP contribution in [0.25, 0.3) is 16.3 Å². The number of aromatic nitrogens is 1. The highest BCUT2D eigenvalue weighted by molar-refractivity contribution is 7.20. The molecular weight excluding hydrogens is 278 g/mol. The van der Waals surface area contributed by atoms with Gasteiger partial charge < -0.3 is 14.2 Å². The number of nitrogens with zero attached hydrogens (tertiary/aromatic N) is 1. The molecule has 1 aromatic heterocycles. The van der Waals surface area contributed by atoms with Crippen LogP contribution in [0.1, 0.15) is 22.3 Å². The maximum Gasteiger partial charge on any atom is 0.367 e. The smallest absolute Gasteiger partial charge is 0.367 e. The largest absolute Gasteiger partial charge is 0.493 e. The van der Waals surface area contributed by atoms with E-state index in [9.17, 15) is 4.79 Å². The molecule has 0 N–H and O–H groups in total. The number of hydrogen-bond acceptors (Lipinski definition) is 6. The van der Waals surface area contributed by atoms with E-state index in [1.807, 2.05) is 0 Å². The summed E-state index contributed by atoms with van der Waals surface area (Å²) in [5.41, 5.74) is 1.42. The van der Waals surface area contributed by atoms with Crippen molar-refractivity contribution in [1.29, 1.82) is 0 Å². The van der Waals surface area contributed by atoms with Crippen LogP contribution in [0, 0.1) is 0 Å². The fraction of sp³-hybridized carbons (Fsp3) is 0.286. The first-order chi connectivity index (χ1) is 9.65. The Balaban J connectivity index is 2.67. The van der Waals surface area contributed by atoms with Crippen LogP contribution in [0.2, 0.25) is 0 Å². The molecule has 5 nitrogen and oxygen atoms in total. The van der Waals surface area contributed by atoms with E-state index in [1.165, 1.54) is 11.3 Å². The first-order valence-electron chi connectivity index (χ1n) is 6.01. The lowest BCUT2D eigenvalue weighted by molar-refractivity contribution is 0.0526. The third kappa shape index (κ3) is 2.34. The fourth-order valence-corrected chi connectivity index (χ4v) is 2.85. The Kier molecular flexibility index (Phi) is 4.24. The molecule has 0 saturated heterocycles. The molecule has 0 radical (unpaired) electrons. The summed E-state index contributed by atoms with van der Waals surface area (Å²) in [6.45, 7) is 5.85. The second-order valence-electron chi connectivity index (χ2n) is 3.82. The highest BCUT2D eigenvalue weighted by Gasteiger charge is 2.19. The maximum atomic E-state index is 11.8. The lowest BCUT2D eigenvalue weighted by Crippen LogP contribution is -2.03.